The topological polar surface area (TPSA) is 43.8 Å². The van der Waals surface area contributed by atoms with Gasteiger partial charge < -0.3 is 5.73 Å². The molecule has 0 aromatic carbocycles. The third-order valence-electron chi connectivity index (χ3n) is 2.94. The second-order valence-electron chi connectivity index (χ2n) is 3.86. The van der Waals surface area contributed by atoms with Crippen LogP contribution in [0.2, 0.25) is 0 Å². The molecular weight excluding hydrogens is 162 g/mol. The molecule has 1 saturated carbocycles. The second kappa shape index (κ2) is 3.50. The molecule has 1 aromatic rings. The largest absolute Gasteiger partial charge is 0.326 e. The Hall–Kier alpha value is -0.830. The van der Waals surface area contributed by atoms with Gasteiger partial charge >= 0.3 is 0 Å². The van der Waals surface area contributed by atoms with E-state index >= 15 is 0 Å². The molecule has 72 valence electrons. The van der Waals surface area contributed by atoms with Crippen LogP contribution in [0.25, 0.3) is 0 Å². The molecule has 3 heteroatoms. The molecule has 13 heavy (non-hydrogen) atoms. The van der Waals surface area contributed by atoms with E-state index in [4.69, 9.17) is 5.73 Å². The summed E-state index contributed by atoms with van der Waals surface area (Å²) in [6.45, 7) is 2.65. The molecule has 0 aliphatic heterocycles. The van der Waals surface area contributed by atoms with Gasteiger partial charge in [-0.25, -0.2) is 0 Å². The highest BCUT2D eigenvalue weighted by atomic mass is 15.3. The third kappa shape index (κ3) is 1.61. The molecule has 1 heterocycles. The lowest BCUT2D eigenvalue weighted by molar-refractivity contribution is 0.464. The maximum atomic E-state index is 5.61. The van der Waals surface area contributed by atoms with Crippen LogP contribution in [0.1, 0.15) is 43.0 Å². The SMILES string of the molecule is Cc1nn(C2CCCC2)cc1CN. The van der Waals surface area contributed by atoms with Crippen molar-refractivity contribution < 1.29 is 0 Å². The molecular formula is C10H17N3. The lowest BCUT2D eigenvalue weighted by Gasteiger charge is -2.08. The molecule has 1 aliphatic carbocycles. The summed E-state index contributed by atoms with van der Waals surface area (Å²) in [6, 6.07) is 0.638. The molecule has 0 bridgehead atoms. The van der Waals surface area contributed by atoms with Crippen molar-refractivity contribution in [1.82, 2.24) is 9.78 Å². The number of rotatable bonds is 2. The van der Waals surface area contributed by atoms with Crippen molar-refractivity contribution in [3.63, 3.8) is 0 Å². The average Bonchev–Trinajstić information content (AvgIpc) is 2.71. The minimum absolute atomic E-state index is 0.610. The molecule has 0 atom stereocenters. The van der Waals surface area contributed by atoms with E-state index in [0.717, 1.165) is 5.69 Å². The molecule has 3 nitrogen and oxygen atoms in total. The third-order valence-corrected chi connectivity index (χ3v) is 2.94. The molecule has 1 aliphatic rings. The Morgan fingerprint density at radius 3 is 2.77 bits per heavy atom. The Balaban J connectivity index is 2.20. The van der Waals surface area contributed by atoms with Gasteiger partial charge in [-0.05, 0) is 19.8 Å². The van der Waals surface area contributed by atoms with Crippen LogP contribution in [0.15, 0.2) is 6.20 Å². The first-order valence-electron chi connectivity index (χ1n) is 5.06. The summed E-state index contributed by atoms with van der Waals surface area (Å²) < 4.78 is 2.12. The van der Waals surface area contributed by atoms with E-state index < -0.39 is 0 Å². The fraction of sp³-hybridized carbons (Fsp3) is 0.700. The molecule has 1 fully saturated rings. The summed E-state index contributed by atoms with van der Waals surface area (Å²) in [5.41, 5.74) is 7.89. The monoisotopic (exact) mass is 179 g/mol. The van der Waals surface area contributed by atoms with Crippen molar-refractivity contribution in [2.75, 3.05) is 0 Å². The highest BCUT2D eigenvalue weighted by Crippen LogP contribution is 2.29. The molecule has 1 aromatic heterocycles. The van der Waals surface area contributed by atoms with Crippen LogP contribution in [-0.4, -0.2) is 9.78 Å². The molecule has 2 N–H and O–H groups in total. The first kappa shape index (κ1) is 8.75. The Labute approximate surface area is 78.9 Å². The fourth-order valence-electron chi connectivity index (χ4n) is 2.08. The van der Waals surface area contributed by atoms with Gasteiger partial charge in [0, 0.05) is 18.3 Å². The van der Waals surface area contributed by atoms with Crippen LogP contribution in [0.4, 0.5) is 0 Å². The average molecular weight is 179 g/mol. The lowest BCUT2D eigenvalue weighted by atomic mass is 10.2. The van der Waals surface area contributed by atoms with Gasteiger partial charge in [0.1, 0.15) is 0 Å². The fourth-order valence-corrected chi connectivity index (χ4v) is 2.08. The van der Waals surface area contributed by atoms with Crippen molar-refractivity contribution in [2.45, 2.75) is 45.2 Å². The summed E-state index contributed by atoms with van der Waals surface area (Å²) >= 11 is 0. The van der Waals surface area contributed by atoms with Crippen molar-refractivity contribution >= 4 is 0 Å². The van der Waals surface area contributed by atoms with Crippen LogP contribution in [-0.2, 0) is 6.54 Å². The zero-order valence-corrected chi connectivity index (χ0v) is 8.16. The van der Waals surface area contributed by atoms with Crippen LogP contribution < -0.4 is 5.73 Å². The minimum Gasteiger partial charge on any atom is -0.326 e. The minimum atomic E-state index is 0.610. The van der Waals surface area contributed by atoms with E-state index in [1.54, 1.807) is 0 Å². The lowest BCUT2D eigenvalue weighted by Crippen LogP contribution is -2.05. The maximum Gasteiger partial charge on any atom is 0.0638 e. The molecule has 0 spiro atoms. The predicted molar refractivity (Wildman–Crippen MR) is 52.4 cm³/mol. The Kier molecular flexibility index (Phi) is 2.36. The van der Waals surface area contributed by atoms with E-state index in [1.165, 1.54) is 31.2 Å². The summed E-state index contributed by atoms with van der Waals surface area (Å²) in [7, 11) is 0. The van der Waals surface area contributed by atoms with Gasteiger partial charge in [-0.15, -0.1) is 0 Å². The van der Waals surface area contributed by atoms with Gasteiger partial charge in [0.25, 0.3) is 0 Å². The number of nitrogens with two attached hydrogens (primary N) is 1. The Morgan fingerprint density at radius 1 is 1.54 bits per heavy atom. The van der Waals surface area contributed by atoms with Crippen molar-refractivity contribution in [1.29, 1.82) is 0 Å². The van der Waals surface area contributed by atoms with Gasteiger partial charge in [-0.1, -0.05) is 12.8 Å². The standard InChI is InChI=1S/C10H17N3/c1-8-9(6-11)7-13(12-8)10-4-2-3-5-10/h7,10H,2-6,11H2,1H3. The Morgan fingerprint density at radius 2 is 2.23 bits per heavy atom. The first-order valence-corrected chi connectivity index (χ1v) is 5.06. The van der Waals surface area contributed by atoms with Crippen molar-refractivity contribution in [3.05, 3.63) is 17.5 Å². The van der Waals surface area contributed by atoms with Gasteiger partial charge in [-0.3, -0.25) is 4.68 Å². The van der Waals surface area contributed by atoms with E-state index in [1.807, 2.05) is 6.92 Å². The van der Waals surface area contributed by atoms with E-state index in [2.05, 4.69) is 16.0 Å². The van der Waals surface area contributed by atoms with Crippen LogP contribution in [0, 0.1) is 6.92 Å². The molecule has 2 rings (SSSR count). The number of nitrogens with zero attached hydrogens (tertiary/aromatic N) is 2. The van der Waals surface area contributed by atoms with Gasteiger partial charge in [0.2, 0.25) is 0 Å². The highest BCUT2D eigenvalue weighted by molar-refractivity contribution is 5.15. The predicted octanol–water partition coefficient (Wildman–Crippen LogP) is 1.77. The van der Waals surface area contributed by atoms with E-state index in [9.17, 15) is 0 Å². The van der Waals surface area contributed by atoms with Gasteiger partial charge in [0.15, 0.2) is 0 Å². The summed E-state index contributed by atoms with van der Waals surface area (Å²) in [6.07, 6.45) is 7.38. The van der Waals surface area contributed by atoms with Crippen LogP contribution in [0.5, 0.6) is 0 Å². The first-order chi connectivity index (χ1) is 6.31. The summed E-state index contributed by atoms with van der Waals surface area (Å²) in [5.74, 6) is 0. The van der Waals surface area contributed by atoms with Crippen molar-refractivity contribution in [2.24, 2.45) is 5.73 Å². The van der Waals surface area contributed by atoms with Crippen LogP contribution >= 0.6 is 0 Å². The van der Waals surface area contributed by atoms with Gasteiger partial charge in [-0.2, -0.15) is 5.10 Å². The molecule has 0 saturated heterocycles. The summed E-state index contributed by atoms with van der Waals surface area (Å²) in [5, 5.41) is 4.50. The number of hydrogen-bond acceptors (Lipinski definition) is 2. The van der Waals surface area contributed by atoms with Gasteiger partial charge in [0.05, 0.1) is 11.7 Å². The van der Waals surface area contributed by atoms with E-state index in [0.29, 0.717) is 12.6 Å². The van der Waals surface area contributed by atoms with E-state index in [-0.39, 0.29) is 0 Å². The number of aryl methyl sites for hydroxylation is 1. The quantitative estimate of drug-likeness (QED) is 0.751. The maximum absolute atomic E-state index is 5.61. The molecule has 0 unspecified atom stereocenters. The van der Waals surface area contributed by atoms with Crippen molar-refractivity contribution in [3.8, 4) is 0 Å². The smallest absolute Gasteiger partial charge is 0.0638 e. The summed E-state index contributed by atoms with van der Waals surface area (Å²) in [4.78, 5) is 0. The highest BCUT2D eigenvalue weighted by Gasteiger charge is 2.18. The normalized spacial score (nSPS) is 18.3. The zero-order valence-electron chi connectivity index (χ0n) is 8.16. The molecule has 0 radical (unpaired) electrons. The second-order valence-corrected chi connectivity index (χ2v) is 3.86. The Bertz CT molecular complexity index is 284. The molecule has 0 amide bonds. The number of aromatic nitrogens is 2. The van der Waals surface area contributed by atoms with Crippen LogP contribution in [0.3, 0.4) is 0 Å². The number of hydrogen-bond donors (Lipinski definition) is 1. The zero-order chi connectivity index (χ0) is 9.26.